The molecule has 1 N–H and O–H groups in total. The molecule has 0 aromatic heterocycles. The molecule has 112 valence electrons. The molecule has 0 unspecified atom stereocenters. The number of halogens is 3. The summed E-state index contributed by atoms with van der Waals surface area (Å²) in [6, 6.07) is 0. The first-order chi connectivity index (χ1) is 8.49. The number of alkyl carbamates (subject to hydrolysis) is 1. The summed E-state index contributed by atoms with van der Waals surface area (Å²) in [5.74, 6) is -0.455. The Labute approximate surface area is 110 Å². The Kier molecular flexibility index (Phi) is 6.86. The van der Waals surface area contributed by atoms with Crippen molar-refractivity contribution in [3.8, 4) is 0 Å². The molecule has 7 heteroatoms. The quantitative estimate of drug-likeness (QED) is 0.762. The molecule has 0 heterocycles. The first-order valence-corrected chi connectivity index (χ1v) is 6.05. The van der Waals surface area contributed by atoms with Gasteiger partial charge in [-0.3, -0.25) is 4.79 Å². The van der Waals surface area contributed by atoms with Crippen molar-refractivity contribution in [2.45, 2.75) is 58.2 Å². The molecule has 0 aliphatic rings. The first-order valence-electron chi connectivity index (χ1n) is 6.05. The number of Topliss-reactive ketones (excluding diaryl/α,β-unsaturated/α-hetero) is 1. The second-order valence-electron chi connectivity index (χ2n) is 5.19. The van der Waals surface area contributed by atoms with Gasteiger partial charge in [0.25, 0.3) is 0 Å². The minimum atomic E-state index is -4.30. The summed E-state index contributed by atoms with van der Waals surface area (Å²) in [7, 11) is 0. The van der Waals surface area contributed by atoms with Crippen molar-refractivity contribution >= 4 is 11.9 Å². The van der Waals surface area contributed by atoms with Gasteiger partial charge in [-0.05, 0) is 27.2 Å². The smallest absolute Gasteiger partial charge is 0.407 e. The zero-order valence-corrected chi connectivity index (χ0v) is 11.4. The maximum Gasteiger partial charge on any atom is 0.407 e. The zero-order valence-electron chi connectivity index (χ0n) is 11.4. The second kappa shape index (κ2) is 7.35. The minimum absolute atomic E-state index is 0.0197. The third kappa shape index (κ3) is 13.0. The number of nitrogens with one attached hydrogen (secondary N) is 1. The monoisotopic (exact) mass is 283 g/mol. The highest BCUT2D eigenvalue weighted by Crippen LogP contribution is 2.21. The Bertz CT molecular complexity index is 308. The fourth-order valence-corrected chi connectivity index (χ4v) is 1.20. The van der Waals surface area contributed by atoms with Crippen LogP contribution in [-0.2, 0) is 9.53 Å². The molecular formula is C12H20F3NO3. The Balaban J connectivity index is 3.64. The second-order valence-corrected chi connectivity index (χ2v) is 5.19. The molecule has 0 spiro atoms. The van der Waals surface area contributed by atoms with Crippen LogP contribution < -0.4 is 5.32 Å². The summed E-state index contributed by atoms with van der Waals surface area (Å²) in [6.45, 7) is 5.35. The minimum Gasteiger partial charge on any atom is -0.444 e. The van der Waals surface area contributed by atoms with E-state index >= 15 is 0 Å². The van der Waals surface area contributed by atoms with Crippen LogP contribution in [0.4, 0.5) is 18.0 Å². The van der Waals surface area contributed by atoms with E-state index in [9.17, 15) is 22.8 Å². The van der Waals surface area contributed by atoms with E-state index in [1.165, 1.54) is 0 Å². The van der Waals surface area contributed by atoms with Crippen LogP contribution in [0, 0.1) is 0 Å². The van der Waals surface area contributed by atoms with Gasteiger partial charge < -0.3 is 10.1 Å². The Hall–Kier alpha value is -1.27. The van der Waals surface area contributed by atoms with Crippen molar-refractivity contribution in [2.24, 2.45) is 0 Å². The van der Waals surface area contributed by atoms with E-state index in [0.717, 1.165) is 0 Å². The maximum absolute atomic E-state index is 11.8. The first kappa shape index (κ1) is 17.7. The average Bonchev–Trinajstić information content (AvgIpc) is 2.18. The van der Waals surface area contributed by atoms with Gasteiger partial charge in [0.15, 0.2) is 0 Å². The topological polar surface area (TPSA) is 55.4 Å². The molecular weight excluding hydrogens is 263 g/mol. The van der Waals surface area contributed by atoms with E-state index in [-0.39, 0.29) is 13.0 Å². The lowest BCUT2D eigenvalue weighted by atomic mass is 10.1. The van der Waals surface area contributed by atoms with Crippen LogP contribution in [-0.4, -0.2) is 30.2 Å². The largest absolute Gasteiger partial charge is 0.444 e. The van der Waals surface area contributed by atoms with Gasteiger partial charge in [0.1, 0.15) is 11.4 Å². The van der Waals surface area contributed by atoms with Crippen LogP contribution in [0.15, 0.2) is 0 Å². The maximum atomic E-state index is 11.8. The van der Waals surface area contributed by atoms with E-state index < -0.39 is 36.5 Å². The lowest BCUT2D eigenvalue weighted by Gasteiger charge is -2.19. The summed E-state index contributed by atoms with van der Waals surface area (Å²) < 4.78 is 40.5. The standard InChI is InChI=1S/C12H20F3NO3/c1-11(2,3)19-10(18)16-8-4-5-9(17)6-7-12(13,14)15/h4-8H2,1-3H3,(H,16,18). The van der Waals surface area contributed by atoms with E-state index in [0.29, 0.717) is 6.42 Å². The van der Waals surface area contributed by atoms with E-state index in [2.05, 4.69) is 5.32 Å². The predicted octanol–water partition coefficient (Wildman–Crippen LogP) is 3.20. The molecule has 0 rings (SSSR count). The van der Waals surface area contributed by atoms with Gasteiger partial charge in [-0.1, -0.05) is 0 Å². The van der Waals surface area contributed by atoms with Crippen LogP contribution in [0.25, 0.3) is 0 Å². The van der Waals surface area contributed by atoms with Crippen LogP contribution in [0.2, 0.25) is 0 Å². The highest BCUT2D eigenvalue weighted by atomic mass is 19.4. The molecule has 0 atom stereocenters. The van der Waals surface area contributed by atoms with Crippen molar-refractivity contribution in [1.29, 1.82) is 0 Å². The number of rotatable bonds is 6. The van der Waals surface area contributed by atoms with Gasteiger partial charge >= 0.3 is 12.3 Å². The van der Waals surface area contributed by atoms with Crippen molar-refractivity contribution < 1.29 is 27.5 Å². The summed E-state index contributed by atoms with van der Waals surface area (Å²) in [5, 5.41) is 2.43. The summed E-state index contributed by atoms with van der Waals surface area (Å²) in [6.07, 6.45) is -6.18. The summed E-state index contributed by atoms with van der Waals surface area (Å²) >= 11 is 0. The predicted molar refractivity (Wildman–Crippen MR) is 63.8 cm³/mol. The summed E-state index contributed by atoms with van der Waals surface area (Å²) in [4.78, 5) is 22.3. The lowest BCUT2D eigenvalue weighted by molar-refractivity contribution is -0.143. The fourth-order valence-electron chi connectivity index (χ4n) is 1.20. The molecule has 0 radical (unpaired) electrons. The lowest BCUT2D eigenvalue weighted by Crippen LogP contribution is -2.33. The highest BCUT2D eigenvalue weighted by molar-refractivity contribution is 5.78. The van der Waals surface area contributed by atoms with Gasteiger partial charge in [-0.25, -0.2) is 4.79 Å². The molecule has 0 aromatic rings. The number of ketones is 1. The van der Waals surface area contributed by atoms with Crippen molar-refractivity contribution in [2.75, 3.05) is 6.54 Å². The zero-order chi connectivity index (χ0) is 15.1. The van der Waals surface area contributed by atoms with Crippen LogP contribution in [0.1, 0.15) is 46.5 Å². The number of amides is 1. The third-order valence-corrected chi connectivity index (χ3v) is 1.99. The van der Waals surface area contributed by atoms with Gasteiger partial charge in [0.2, 0.25) is 0 Å². The number of carbonyl (C=O) groups is 2. The molecule has 0 aliphatic carbocycles. The molecule has 19 heavy (non-hydrogen) atoms. The Morgan fingerprint density at radius 2 is 1.68 bits per heavy atom. The van der Waals surface area contributed by atoms with Crippen molar-refractivity contribution in [3.05, 3.63) is 0 Å². The van der Waals surface area contributed by atoms with E-state index in [4.69, 9.17) is 4.74 Å². The van der Waals surface area contributed by atoms with Gasteiger partial charge in [-0.2, -0.15) is 13.2 Å². The van der Waals surface area contributed by atoms with Crippen molar-refractivity contribution in [1.82, 2.24) is 5.32 Å². The fraction of sp³-hybridized carbons (Fsp3) is 0.833. The van der Waals surface area contributed by atoms with Crippen LogP contribution in [0.3, 0.4) is 0 Å². The summed E-state index contributed by atoms with van der Waals surface area (Å²) in [5.41, 5.74) is -0.605. The molecule has 1 amide bonds. The SMILES string of the molecule is CC(C)(C)OC(=O)NCCCC(=O)CCC(F)(F)F. The average molecular weight is 283 g/mol. The highest BCUT2D eigenvalue weighted by Gasteiger charge is 2.27. The number of carbonyl (C=O) groups excluding carboxylic acids is 2. The van der Waals surface area contributed by atoms with Crippen LogP contribution in [0.5, 0.6) is 0 Å². The Morgan fingerprint density at radius 3 is 2.16 bits per heavy atom. The van der Waals surface area contributed by atoms with Gasteiger partial charge in [0, 0.05) is 19.4 Å². The molecule has 0 bridgehead atoms. The Morgan fingerprint density at radius 1 is 1.11 bits per heavy atom. The molecule has 0 aliphatic heterocycles. The van der Waals surface area contributed by atoms with Gasteiger partial charge in [0.05, 0.1) is 6.42 Å². The number of ether oxygens (including phenoxy) is 1. The molecule has 0 aromatic carbocycles. The molecule has 0 fully saturated rings. The van der Waals surface area contributed by atoms with Gasteiger partial charge in [-0.15, -0.1) is 0 Å². The normalized spacial score (nSPS) is 12.1. The molecule has 0 saturated carbocycles. The van der Waals surface area contributed by atoms with Crippen LogP contribution >= 0.6 is 0 Å². The van der Waals surface area contributed by atoms with E-state index in [1.54, 1.807) is 20.8 Å². The number of hydrogen-bond donors (Lipinski definition) is 1. The van der Waals surface area contributed by atoms with E-state index in [1.807, 2.05) is 0 Å². The van der Waals surface area contributed by atoms with Crippen molar-refractivity contribution in [3.63, 3.8) is 0 Å². The molecule has 4 nitrogen and oxygen atoms in total. The number of alkyl halides is 3. The third-order valence-electron chi connectivity index (χ3n) is 1.99. The molecule has 0 saturated heterocycles. The number of hydrogen-bond acceptors (Lipinski definition) is 3.